The highest BCUT2D eigenvalue weighted by molar-refractivity contribution is 7.91. The lowest BCUT2D eigenvalue weighted by Crippen LogP contribution is -3.13. The molecule has 0 radical (unpaired) electrons. The largest absolute Gasteiger partial charge is 0.493 e. The van der Waals surface area contributed by atoms with Crippen molar-refractivity contribution in [3.8, 4) is 5.75 Å². The van der Waals surface area contributed by atoms with Gasteiger partial charge in [-0.25, -0.2) is 8.42 Å². The highest BCUT2D eigenvalue weighted by atomic mass is 32.2. The van der Waals surface area contributed by atoms with Gasteiger partial charge in [0.2, 0.25) is 0 Å². The highest BCUT2D eigenvalue weighted by Gasteiger charge is 2.31. The van der Waals surface area contributed by atoms with Crippen LogP contribution < -0.4 is 9.64 Å². The minimum Gasteiger partial charge on any atom is -0.493 e. The number of rotatable bonds is 6. The van der Waals surface area contributed by atoms with E-state index >= 15 is 0 Å². The van der Waals surface area contributed by atoms with Crippen LogP contribution in [-0.2, 0) is 16.6 Å². The van der Waals surface area contributed by atoms with E-state index in [0.29, 0.717) is 23.9 Å². The molecule has 0 spiro atoms. The fraction of sp³-hybridized carbons (Fsp3) is 0.412. The molecule has 0 bridgehead atoms. The third-order valence-electron chi connectivity index (χ3n) is 4.23. The zero-order valence-corrected chi connectivity index (χ0v) is 15.4. The Kier molecular flexibility index (Phi) is 5.55. The van der Waals surface area contributed by atoms with Gasteiger partial charge >= 0.3 is 0 Å². The number of nitrogens with zero attached hydrogens (tertiary/aromatic N) is 1. The molecule has 0 unspecified atom stereocenters. The first-order valence-corrected chi connectivity index (χ1v) is 10.5. The standard InChI is InChI=1S/C17H22N2O3S2/c1-2-22-16-7-4-3-6-15(16)14-18-9-11-19(12-10-18)24(20,21)17-8-5-13-23-17/h3-8,13H,2,9-12,14H2,1H3/p+1. The molecule has 0 amide bonds. The van der Waals surface area contributed by atoms with Crippen molar-refractivity contribution in [3.63, 3.8) is 0 Å². The first kappa shape index (κ1) is 17.4. The van der Waals surface area contributed by atoms with Crippen LogP contribution in [0.5, 0.6) is 5.75 Å². The van der Waals surface area contributed by atoms with Crippen LogP contribution in [0.1, 0.15) is 12.5 Å². The lowest BCUT2D eigenvalue weighted by Gasteiger charge is -2.31. The number of nitrogens with one attached hydrogen (secondary N) is 1. The van der Waals surface area contributed by atoms with Gasteiger partial charge in [-0.2, -0.15) is 4.31 Å². The molecule has 1 aliphatic heterocycles. The van der Waals surface area contributed by atoms with Gasteiger partial charge in [0.15, 0.2) is 0 Å². The summed E-state index contributed by atoms with van der Waals surface area (Å²) in [5, 5.41) is 1.80. The molecule has 130 valence electrons. The zero-order valence-electron chi connectivity index (χ0n) is 13.8. The molecule has 1 aliphatic rings. The van der Waals surface area contributed by atoms with E-state index in [2.05, 4.69) is 6.07 Å². The van der Waals surface area contributed by atoms with E-state index < -0.39 is 10.0 Å². The number of ether oxygens (including phenoxy) is 1. The number of benzene rings is 1. The van der Waals surface area contributed by atoms with Gasteiger partial charge in [-0.1, -0.05) is 18.2 Å². The lowest BCUT2D eigenvalue weighted by atomic mass is 10.2. The van der Waals surface area contributed by atoms with Crippen molar-refractivity contribution in [1.29, 1.82) is 0 Å². The van der Waals surface area contributed by atoms with E-state index in [1.165, 1.54) is 21.8 Å². The lowest BCUT2D eigenvalue weighted by molar-refractivity contribution is -0.917. The van der Waals surface area contributed by atoms with Crippen LogP contribution >= 0.6 is 11.3 Å². The number of hydrogen-bond donors (Lipinski definition) is 1. The summed E-state index contributed by atoms with van der Waals surface area (Å²) in [5.74, 6) is 0.932. The van der Waals surface area contributed by atoms with Crippen LogP contribution in [0.2, 0.25) is 0 Å². The Hall–Kier alpha value is -1.41. The molecular weight excluding hydrogens is 344 g/mol. The summed E-state index contributed by atoms with van der Waals surface area (Å²) in [6, 6.07) is 11.5. The molecular formula is C17H23N2O3S2+. The van der Waals surface area contributed by atoms with Gasteiger partial charge < -0.3 is 9.64 Å². The van der Waals surface area contributed by atoms with Crippen molar-refractivity contribution in [1.82, 2.24) is 4.31 Å². The molecule has 7 heteroatoms. The van der Waals surface area contributed by atoms with Crippen LogP contribution in [0.4, 0.5) is 0 Å². The molecule has 0 saturated carbocycles. The maximum Gasteiger partial charge on any atom is 0.252 e. The smallest absolute Gasteiger partial charge is 0.252 e. The van der Waals surface area contributed by atoms with Gasteiger partial charge in [0, 0.05) is 5.56 Å². The van der Waals surface area contributed by atoms with E-state index in [9.17, 15) is 8.42 Å². The molecule has 24 heavy (non-hydrogen) atoms. The Morgan fingerprint density at radius 2 is 1.92 bits per heavy atom. The second-order valence-electron chi connectivity index (χ2n) is 5.80. The molecule has 5 nitrogen and oxygen atoms in total. The molecule has 1 fully saturated rings. The van der Waals surface area contributed by atoms with Gasteiger partial charge in [-0.3, -0.25) is 0 Å². The fourth-order valence-electron chi connectivity index (χ4n) is 2.97. The third kappa shape index (κ3) is 3.80. The van der Waals surface area contributed by atoms with Gasteiger partial charge in [0.05, 0.1) is 32.8 Å². The summed E-state index contributed by atoms with van der Waals surface area (Å²) in [5.41, 5.74) is 1.18. The quantitative estimate of drug-likeness (QED) is 0.836. The Morgan fingerprint density at radius 3 is 2.58 bits per heavy atom. The van der Waals surface area contributed by atoms with Gasteiger partial charge in [-0.15, -0.1) is 11.3 Å². The summed E-state index contributed by atoms with van der Waals surface area (Å²) >= 11 is 1.28. The molecule has 3 rings (SSSR count). The predicted molar refractivity (Wildman–Crippen MR) is 95.1 cm³/mol. The maximum atomic E-state index is 12.6. The van der Waals surface area contributed by atoms with Crippen LogP contribution in [0.15, 0.2) is 46.0 Å². The molecule has 1 aromatic heterocycles. The average molecular weight is 368 g/mol. The Bertz CT molecular complexity index is 752. The van der Waals surface area contributed by atoms with Crippen LogP contribution in [0, 0.1) is 0 Å². The number of piperazine rings is 1. The summed E-state index contributed by atoms with van der Waals surface area (Å²) < 4.78 is 32.8. The monoisotopic (exact) mass is 367 g/mol. The van der Waals surface area contributed by atoms with Crippen molar-refractivity contribution in [2.75, 3.05) is 32.8 Å². The Balaban J connectivity index is 1.62. The van der Waals surface area contributed by atoms with Crippen molar-refractivity contribution in [3.05, 3.63) is 47.3 Å². The minimum absolute atomic E-state index is 0.438. The second kappa shape index (κ2) is 7.65. The van der Waals surface area contributed by atoms with Crippen LogP contribution in [0.25, 0.3) is 0 Å². The number of quaternary nitrogens is 1. The van der Waals surface area contributed by atoms with Crippen LogP contribution in [0.3, 0.4) is 0 Å². The highest BCUT2D eigenvalue weighted by Crippen LogP contribution is 2.21. The first-order valence-electron chi connectivity index (χ1n) is 8.19. The molecule has 2 aromatic rings. The Morgan fingerprint density at radius 1 is 1.17 bits per heavy atom. The zero-order chi connectivity index (χ0) is 17.0. The molecule has 0 atom stereocenters. The van der Waals surface area contributed by atoms with Crippen molar-refractivity contribution in [2.45, 2.75) is 17.7 Å². The van der Waals surface area contributed by atoms with Gasteiger partial charge in [0.1, 0.15) is 16.5 Å². The van der Waals surface area contributed by atoms with E-state index in [1.807, 2.05) is 25.1 Å². The SMILES string of the molecule is CCOc1ccccc1C[NH+]1CCN(S(=O)(=O)c2cccs2)CC1. The second-order valence-corrected chi connectivity index (χ2v) is 8.92. The topological polar surface area (TPSA) is 51.1 Å². The maximum absolute atomic E-state index is 12.6. The summed E-state index contributed by atoms with van der Waals surface area (Å²) in [6.45, 7) is 6.24. The van der Waals surface area contributed by atoms with Gasteiger partial charge in [-0.05, 0) is 30.5 Å². The molecule has 1 N–H and O–H groups in total. The number of sulfonamides is 1. The molecule has 0 aliphatic carbocycles. The predicted octanol–water partition coefficient (Wildman–Crippen LogP) is 1.24. The van der Waals surface area contributed by atoms with E-state index in [0.717, 1.165) is 25.4 Å². The molecule has 2 heterocycles. The summed E-state index contributed by atoms with van der Waals surface area (Å²) in [6.07, 6.45) is 0. The van der Waals surface area contributed by atoms with E-state index in [1.54, 1.807) is 21.8 Å². The Labute approximate surface area is 147 Å². The molecule has 1 aromatic carbocycles. The normalized spacial score (nSPS) is 17.0. The number of hydrogen-bond acceptors (Lipinski definition) is 4. The first-order chi connectivity index (χ1) is 11.6. The van der Waals surface area contributed by atoms with Gasteiger partial charge in [0.25, 0.3) is 10.0 Å². The van der Waals surface area contributed by atoms with Crippen molar-refractivity contribution in [2.24, 2.45) is 0 Å². The number of thiophene rings is 1. The van der Waals surface area contributed by atoms with Crippen molar-refractivity contribution >= 4 is 21.4 Å². The summed E-state index contributed by atoms with van der Waals surface area (Å²) in [7, 11) is -3.32. The number of para-hydroxylation sites is 1. The van der Waals surface area contributed by atoms with E-state index in [-0.39, 0.29) is 0 Å². The van der Waals surface area contributed by atoms with Crippen molar-refractivity contribution < 1.29 is 18.1 Å². The summed E-state index contributed by atoms with van der Waals surface area (Å²) in [4.78, 5) is 1.39. The fourth-order valence-corrected chi connectivity index (χ4v) is 5.56. The minimum atomic E-state index is -3.32. The molecule has 1 saturated heterocycles. The van der Waals surface area contributed by atoms with E-state index in [4.69, 9.17) is 4.74 Å². The average Bonchev–Trinajstić information content (AvgIpc) is 3.13. The van der Waals surface area contributed by atoms with Crippen LogP contribution in [-0.4, -0.2) is 45.5 Å². The third-order valence-corrected chi connectivity index (χ3v) is 7.50.